The van der Waals surface area contributed by atoms with Gasteiger partial charge in [0.05, 0.1) is 10.7 Å². The molecule has 0 fully saturated rings. The van der Waals surface area contributed by atoms with Crippen molar-refractivity contribution in [1.82, 2.24) is 0 Å². The van der Waals surface area contributed by atoms with E-state index >= 15 is 0 Å². The van der Waals surface area contributed by atoms with E-state index in [1.165, 1.54) is 0 Å². The van der Waals surface area contributed by atoms with Crippen LogP contribution in [0.3, 0.4) is 0 Å². The van der Waals surface area contributed by atoms with Crippen molar-refractivity contribution in [2.24, 2.45) is 0 Å². The molecule has 0 aliphatic carbocycles. The molecule has 0 amide bonds. The van der Waals surface area contributed by atoms with Crippen molar-refractivity contribution >= 4 is 33.2 Å². The van der Waals surface area contributed by atoms with E-state index in [2.05, 4.69) is 21.2 Å². The molecule has 2 N–H and O–H groups in total. The molecular weight excluding hydrogens is 314 g/mol. The highest BCUT2D eigenvalue weighted by Gasteiger charge is 2.04. The topological polar surface area (TPSA) is 32.3 Å². The molecule has 0 unspecified atom stereocenters. The Hall–Kier alpha value is -1.19. The first-order valence-corrected chi connectivity index (χ1v) is 6.71. The quantitative estimate of drug-likeness (QED) is 0.854. The first-order chi connectivity index (χ1) is 8.56. The number of aryl methyl sites for hydroxylation is 1. The number of anilines is 1. The minimum atomic E-state index is 0.273. The lowest BCUT2D eigenvalue weighted by Crippen LogP contribution is -2.00. The molecule has 0 aromatic heterocycles. The van der Waals surface area contributed by atoms with Crippen molar-refractivity contribution in [3.8, 4) is 5.75 Å². The highest BCUT2D eigenvalue weighted by molar-refractivity contribution is 9.10. The van der Waals surface area contributed by atoms with E-state index in [4.69, 9.17) is 11.6 Å². The van der Waals surface area contributed by atoms with Gasteiger partial charge in [0.15, 0.2) is 0 Å². The zero-order valence-corrected chi connectivity index (χ0v) is 12.2. The van der Waals surface area contributed by atoms with E-state index in [1.807, 2.05) is 31.2 Å². The van der Waals surface area contributed by atoms with E-state index in [0.717, 1.165) is 21.3 Å². The Bertz CT molecular complexity index is 520. The number of nitrogens with one attached hydrogen (secondary N) is 1. The van der Waals surface area contributed by atoms with E-state index in [-0.39, 0.29) is 5.75 Å². The highest BCUT2D eigenvalue weighted by atomic mass is 79.9. The van der Waals surface area contributed by atoms with Crippen LogP contribution in [0.1, 0.15) is 11.1 Å². The van der Waals surface area contributed by atoms with Gasteiger partial charge in [-0.3, -0.25) is 0 Å². The number of phenols is 1. The van der Waals surface area contributed by atoms with Gasteiger partial charge in [-0.1, -0.05) is 33.6 Å². The van der Waals surface area contributed by atoms with Crippen LogP contribution >= 0.6 is 27.5 Å². The third-order valence-corrected chi connectivity index (χ3v) is 3.46. The summed E-state index contributed by atoms with van der Waals surface area (Å²) in [5.74, 6) is 0.273. The molecule has 0 aliphatic rings. The fourth-order valence-electron chi connectivity index (χ4n) is 1.66. The average Bonchev–Trinajstić information content (AvgIpc) is 2.34. The van der Waals surface area contributed by atoms with Crippen LogP contribution in [0.15, 0.2) is 40.9 Å². The number of rotatable bonds is 3. The van der Waals surface area contributed by atoms with Gasteiger partial charge in [0.25, 0.3) is 0 Å². The third-order valence-electron chi connectivity index (χ3n) is 2.63. The van der Waals surface area contributed by atoms with E-state index in [1.54, 1.807) is 12.1 Å². The summed E-state index contributed by atoms with van der Waals surface area (Å²) in [6, 6.07) is 11.2. The number of phenolic OH excluding ortho intramolecular Hbond substituents is 1. The van der Waals surface area contributed by atoms with Gasteiger partial charge in [-0.15, -0.1) is 0 Å². The Kier molecular flexibility index (Phi) is 4.15. The second kappa shape index (κ2) is 5.63. The van der Waals surface area contributed by atoms with Crippen molar-refractivity contribution in [3.05, 3.63) is 57.0 Å². The largest absolute Gasteiger partial charge is 0.508 e. The molecule has 18 heavy (non-hydrogen) atoms. The van der Waals surface area contributed by atoms with Crippen molar-refractivity contribution in [2.75, 3.05) is 5.32 Å². The maximum Gasteiger partial charge on any atom is 0.120 e. The lowest BCUT2D eigenvalue weighted by Gasteiger charge is -2.10. The first kappa shape index (κ1) is 13.2. The van der Waals surface area contributed by atoms with Crippen molar-refractivity contribution in [2.45, 2.75) is 13.5 Å². The van der Waals surface area contributed by atoms with Gasteiger partial charge >= 0.3 is 0 Å². The molecule has 2 nitrogen and oxygen atoms in total. The standard InChI is InChI=1S/C14H13BrClNO/c1-9-2-4-12(16)13(6-9)17-8-10-7-11(15)3-5-14(10)18/h2-7,17-18H,8H2,1H3. The molecule has 2 aromatic rings. The molecule has 2 rings (SSSR count). The van der Waals surface area contributed by atoms with Gasteiger partial charge in [0.2, 0.25) is 0 Å². The van der Waals surface area contributed by atoms with E-state index in [0.29, 0.717) is 11.6 Å². The lowest BCUT2D eigenvalue weighted by atomic mass is 10.2. The predicted molar refractivity (Wildman–Crippen MR) is 79.3 cm³/mol. The van der Waals surface area contributed by atoms with E-state index in [9.17, 15) is 5.11 Å². The molecule has 0 aliphatic heterocycles. The zero-order chi connectivity index (χ0) is 13.1. The van der Waals surface area contributed by atoms with Gasteiger partial charge in [0.1, 0.15) is 5.75 Å². The minimum absolute atomic E-state index is 0.273. The predicted octanol–water partition coefficient (Wildman–Crippen LogP) is 4.73. The molecule has 0 saturated carbocycles. The summed E-state index contributed by atoms with van der Waals surface area (Å²) in [5.41, 5.74) is 2.83. The number of aromatic hydroxyl groups is 1. The number of halogens is 2. The number of hydrogen-bond donors (Lipinski definition) is 2. The Morgan fingerprint density at radius 3 is 2.78 bits per heavy atom. The van der Waals surface area contributed by atoms with Crippen molar-refractivity contribution in [1.29, 1.82) is 0 Å². The van der Waals surface area contributed by atoms with Crippen LogP contribution < -0.4 is 5.32 Å². The van der Waals surface area contributed by atoms with Crippen LogP contribution in [0.4, 0.5) is 5.69 Å². The van der Waals surface area contributed by atoms with E-state index < -0.39 is 0 Å². The van der Waals surface area contributed by atoms with Crippen LogP contribution in [0.25, 0.3) is 0 Å². The molecule has 0 atom stereocenters. The molecular formula is C14H13BrClNO. The molecule has 0 saturated heterocycles. The van der Waals surface area contributed by atoms with Crippen LogP contribution in [-0.2, 0) is 6.54 Å². The molecule has 4 heteroatoms. The second-order valence-corrected chi connectivity index (χ2v) is 5.43. The Labute approximate surface area is 120 Å². The van der Waals surface area contributed by atoms with Gasteiger partial charge < -0.3 is 10.4 Å². The molecule has 0 bridgehead atoms. The fraction of sp³-hybridized carbons (Fsp3) is 0.143. The smallest absolute Gasteiger partial charge is 0.120 e. The van der Waals surface area contributed by atoms with Gasteiger partial charge in [0, 0.05) is 16.6 Å². The third kappa shape index (κ3) is 3.18. The minimum Gasteiger partial charge on any atom is -0.508 e. The maximum absolute atomic E-state index is 9.74. The summed E-state index contributed by atoms with van der Waals surface area (Å²) in [6.45, 7) is 2.53. The summed E-state index contributed by atoms with van der Waals surface area (Å²) in [5, 5.41) is 13.6. The normalized spacial score (nSPS) is 10.4. The molecule has 0 spiro atoms. The monoisotopic (exact) mass is 325 g/mol. The fourth-order valence-corrected chi connectivity index (χ4v) is 2.25. The Morgan fingerprint density at radius 1 is 1.22 bits per heavy atom. The zero-order valence-electron chi connectivity index (χ0n) is 9.87. The first-order valence-electron chi connectivity index (χ1n) is 5.53. The van der Waals surface area contributed by atoms with Crippen molar-refractivity contribution in [3.63, 3.8) is 0 Å². The van der Waals surface area contributed by atoms with Crippen LogP contribution in [0, 0.1) is 6.92 Å². The highest BCUT2D eigenvalue weighted by Crippen LogP contribution is 2.26. The Morgan fingerprint density at radius 2 is 2.00 bits per heavy atom. The van der Waals surface area contributed by atoms with Gasteiger partial charge in [-0.25, -0.2) is 0 Å². The van der Waals surface area contributed by atoms with Crippen molar-refractivity contribution < 1.29 is 5.11 Å². The summed E-state index contributed by atoms with van der Waals surface area (Å²) >= 11 is 9.48. The average molecular weight is 327 g/mol. The van der Waals surface area contributed by atoms with Crippen LogP contribution in [0.2, 0.25) is 5.02 Å². The second-order valence-electron chi connectivity index (χ2n) is 4.11. The van der Waals surface area contributed by atoms with Crippen LogP contribution in [0.5, 0.6) is 5.75 Å². The SMILES string of the molecule is Cc1ccc(Cl)c(NCc2cc(Br)ccc2O)c1. The van der Waals surface area contributed by atoms with Crippen LogP contribution in [-0.4, -0.2) is 5.11 Å². The number of benzene rings is 2. The van der Waals surface area contributed by atoms with Gasteiger partial charge in [-0.2, -0.15) is 0 Å². The molecule has 94 valence electrons. The van der Waals surface area contributed by atoms with Gasteiger partial charge in [-0.05, 0) is 42.8 Å². The summed E-state index contributed by atoms with van der Waals surface area (Å²) < 4.78 is 0.937. The summed E-state index contributed by atoms with van der Waals surface area (Å²) in [6.07, 6.45) is 0. The molecule has 0 heterocycles. The Balaban J connectivity index is 2.16. The maximum atomic E-state index is 9.74. The molecule has 2 aromatic carbocycles. The molecule has 0 radical (unpaired) electrons. The lowest BCUT2D eigenvalue weighted by molar-refractivity contribution is 0.469. The summed E-state index contributed by atoms with van der Waals surface area (Å²) in [7, 11) is 0. The summed E-state index contributed by atoms with van der Waals surface area (Å²) in [4.78, 5) is 0. The number of hydrogen-bond acceptors (Lipinski definition) is 2.